The monoisotopic (exact) mass is 438 g/mol. The number of carbonyl (C=O) groups is 1. The summed E-state index contributed by atoms with van der Waals surface area (Å²) in [7, 11) is 0. The van der Waals surface area contributed by atoms with E-state index >= 15 is 0 Å². The summed E-state index contributed by atoms with van der Waals surface area (Å²) >= 11 is 0. The highest BCUT2D eigenvalue weighted by Crippen LogP contribution is 2.26. The van der Waals surface area contributed by atoms with Crippen molar-refractivity contribution in [3.8, 4) is 11.5 Å². The van der Waals surface area contributed by atoms with Crippen LogP contribution in [0.15, 0.2) is 85.2 Å². The molecule has 0 saturated heterocycles. The Kier molecular flexibility index (Phi) is 5.93. The van der Waals surface area contributed by atoms with E-state index in [-0.39, 0.29) is 12.3 Å². The molecule has 3 aromatic carbocycles. The molecule has 4 rings (SSSR count). The summed E-state index contributed by atoms with van der Waals surface area (Å²) in [6, 6.07) is 19.4. The number of nitrogens with one attached hydrogen (secondary N) is 1. The molecule has 32 heavy (non-hydrogen) atoms. The van der Waals surface area contributed by atoms with E-state index in [0.29, 0.717) is 11.3 Å². The third kappa shape index (κ3) is 5.34. The van der Waals surface area contributed by atoms with Gasteiger partial charge < -0.3 is 14.8 Å². The second kappa shape index (κ2) is 8.97. The Morgan fingerprint density at radius 1 is 0.906 bits per heavy atom. The van der Waals surface area contributed by atoms with E-state index in [1.807, 2.05) is 24.3 Å². The molecule has 0 radical (unpaired) electrons. The van der Waals surface area contributed by atoms with E-state index in [4.69, 9.17) is 4.74 Å². The number of anilines is 1. The van der Waals surface area contributed by atoms with Gasteiger partial charge in [-0.25, -0.2) is 0 Å². The van der Waals surface area contributed by atoms with E-state index < -0.39 is 18.0 Å². The quantitative estimate of drug-likeness (QED) is 0.403. The lowest BCUT2D eigenvalue weighted by Crippen LogP contribution is -2.17. The topological polar surface area (TPSA) is 60.5 Å². The minimum absolute atomic E-state index is 0.171. The van der Waals surface area contributed by atoms with E-state index in [9.17, 15) is 18.0 Å². The molecule has 162 valence electrons. The fourth-order valence-electron chi connectivity index (χ4n) is 3.16. The average Bonchev–Trinajstić information content (AvgIpc) is 2.77. The molecule has 1 amide bonds. The zero-order valence-electron chi connectivity index (χ0n) is 16.6. The van der Waals surface area contributed by atoms with Crippen LogP contribution in [0.2, 0.25) is 0 Å². The highest BCUT2D eigenvalue weighted by Gasteiger charge is 2.31. The molecule has 0 aliphatic rings. The van der Waals surface area contributed by atoms with Crippen LogP contribution < -0.4 is 14.8 Å². The molecule has 1 heterocycles. The van der Waals surface area contributed by atoms with Crippen molar-refractivity contribution in [2.45, 2.75) is 13.0 Å². The number of hydrogen-bond donors (Lipinski definition) is 1. The lowest BCUT2D eigenvalue weighted by atomic mass is 10.1. The molecule has 1 aromatic heterocycles. The molecule has 0 aliphatic heterocycles. The predicted octanol–water partition coefficient (Wildman–Crippen LogP) is 5.96. The summed E-state index contributed by atoms with van der Waals surface area (Å²) in [6.07, 6.45) is -1.30. The second-order valence-electron chi connectivity index (χ2n) is 6.87. The van der Waals surface area contributed by atoms with Crippen molar-refractivity contribution in [2.24, 2.45) is 0 Å². The average molecular weight is 438 g/mol. The van der Waals surface area contributed by atoms with Crippen molar-refractivity contribution in [1.29, 1.82) is 0 Å². The van der Waals surface area contributed by atoms with E-state index in [2.05, 4.69) is 15.0 Å². The number of rotatable bonds is 6. The van der Waals surface area contributed by atoms with Crippen LogP contribution in [-0.4, -0.2) is 17.3 Å². The number of carbonyl (C=O) groups excluding carboxylic acids is 1. The molecular weight excluding hydrogens is 421 g/mol. The number of aromatic nitrogens is 1. The van der Waals surface area contributed by atoms with Crippen LogP contribution in [0.3, 0.4) is 0 Å². The molecule has 4 aromatic rings. The van der Waals surface area contributed by atoms with E-state index in [1.165, 1.54) is 12.1 Å². The maximum atomic E-state index is 12.6. The van der Waals surface area contributed by atoms with Crippen LogP contribution >= 0.6 is 0 Å². The molecule has 0 aliphatic carbocycles. The Hall–Kier alpha value is -4.07. The van der Waals surface area contributed by atoms with Crippen molar-refractivity contribution < 1.29 is 27.4 Å². The van der Waals surface area contributed by atoms with Crippen LogP contribution in [0.4, 0.5) is 18.9 Å². The van der Waals surface area contributed by atoms with Crippen molar-refractivity contribution in [3.05, 3.63) is 96.3 Å². The number of halogens is 3. The fourth-order valence-corrected chi connectivity index (χ4v) is 3.16. The smallest absolute Gasteiger partial charge is 0.489 e. The van der Waals surface area contributed by atoms with Gasteiger partial charge in [0.05, 0.1) is 0 Å². The third-order valence-corrected chi connectivity index (χ3v) is 4.57. The molecule has 0 bridgehead atoms. The highest BCUT2D eigenvalue weighted by molar-refractivity contribution is 6.04. The molecule has 1 N–H and O–H groups in total. The van der Waals surface area contributed by atoms with Crippen LogP contribution in [0.1, 0.15) is 15.9 Å². The van der Waals surface area contributed by atoms with Gasteiger partial charge in [0.25, 0.3) is 5.91 Å². The number of benzene rings is 3. The number of nitrogens with zero attached hydrogens (tertiary/aromatic N) is 1. The summed E-state index contributed by atoms with van der Waals surface area (Å²) in [6.45, 7) is 0.260. The standard InChI is InChI=1S/C24H17F3N2O3/c25-24(26,27)32-21-9-4-7-19(12-21)29-23(30)16-6-3-8-20(11-16)31-15-18-14-28-13-17-5-1-2-10-22(17)18/h1-14H,15H2,(H,29,30). The lowest BCUT2D eigenvalue weighted by molar-refractivity contribution is -0.274. The first-order valence-electron chi connectivity index (χ1n) is 9.59. The zero-order valence-corrected chi connectivity index (χ0v) is 16.6. The SMILES string of the molecule is O=C(Nc1cccc(OC(F)(F)F)c1)c1cccc(OCc2cncc3ccccc23)c1. The Morgan fingerprint density at radius 3 is 2.53 bits per heavy atom. The molecule has 5 nitrogen and oxygen atoms in total. The van der Waals surface area contributed by atoms with Gasteiger partial charge in [0, 0.05) is 40.7 Å². The Morgan fingerprint density at radius 2 is 1.69 bits per heavy atom. The van der Waals surface area contributed by atoms with Gasteiger partial charge in [0.2, 0.25) is 0 Å². The van der Waals surface area contributed by atoms with Gasteiger partial charge in [0.1, 0.15) is 18.1 Å². The lowest BCUT2D eigenvalue weighted by Gasteiger charge is -2.12. The van der Waals surface area contributed by atoms with Crippen molar-refractivity contribution in [2.75, 3.05) is 5.32 Å². The third-order valence-electron chi connectivity index (χ3n) is 4.57. The van der Waals surface area contributed by atoms with Crippen molar-refractivity contribution in [3.63, 3.8) is 0 Å². The molecule has 0 fully saturated rings. The highest BCUT2D eigenvalue weighted by atomic mass is 19.4. The Labute approximate surface area is 181 Å². The molecule has 0 spiro atoms. The molecule has 0 atom stereocenters. The zero-order chi connectivity index (χ0) is 22.6. The van der Waals surface area contributed by atoms with Crippen molar-refractivity contribution in [1.82, 2.24) is 4.98 Å². The van der Waals surface area contributed by atoms with Gasteiger partial charge in [-0.2, -0.15) is 0 Å². The van der Waals surface area contributed by atoms with Gasteiger partial charge in [0.15, 0.2) is 0 Å². The van der Waals surface area contributed by atoms with Crippen LogP contribution in [0, 0.1) is 0 Å². The number of ether oxygens (including phenoxy) is 2. The minimum atomic E-state index is -4.81. The minimum Gasteiger partial charge on any atom is -0.489 e. The summed E-state index contributed by atoms with van der Waals surface area (Å²) in [5.41, 5.74) is 1.37. The first-order valence-corrected chi connectivity index (χ1v) is 9.59. The van der Waals surface area contributed by atoms with Gasteiger partial charge in [-0.05, 0) is 35.7 Å². The number of pyridine rings is 1. The number of alkyl halides is 3. The van der Waals surface area contributed by atoms with Crippen LogP contribution in [-0.2, 0) is 6.61 Å². The van der Waals surface area contributed by atoms with E-state index in [0.717, 1.165) is 28.5 Å². The summed E-state index contributed by atoms with van der Waals surface area (Å²) in [4.78, 5) is 16.8. The summed E-state index contributed by atoms with van der Waals surface area (Å²) in [5, 5.41) is 4.58. The maximum absolute atomic E-state index is 12.6. The largest absolute Gasteiger partial charge is 0.573 e. The summed E-state index contributed by atoms with van der Waals surface area (Å²) < 4.78 is 46.9. The van der Waals surface area contributed by atoms with Crippen LogP contribution in [0.5, 0.6) is 11.5 Å². The molecule has 8 heteroatoms. The molecule has 0 saturated carbocycles. The van der Waals surface area contributed by atoms with E-state index in [1.54, 1.807) is 36.7 Å². The Bertz CT molecular complexity index is 1250. The van der Waals surface area contributed by atoms with Gasteiger partial charge in [-0.15, -0.1) is 13.2 Å². The van der Waals surface area contributed by atoms with Gasteiger partial charge in [-0.3, -0.25) is 9.78 Å². The first-order chi connectivity index (χ1) is 15.4. The number of fused-ring (bicyclic) bond motifs is 1. The second-order valence-corrected chi connectivity index (χ2v) is 6.87. The molecule has 0 unspecified atom stereocenters. The van der Waals surface area contributed by atoms with Gasteiger partial charge in [-0.1, -0.05) is 36.4 Å². The summed E-state index contributed by atoms with van der Waals surface area (Å²) in [5.74, 6) is -0.442. The van der Waals surface area contributed by atoms with Gasteiger partial charge >= 0.3 is 6.36 Å². The van der Waals surface area contributed by atoms with Crippen LogP contribution in [0.25, 0.3) is 10.8 Å². The normalized spacial score (nSPS) is 11.2. The molecular formula is C24H17F3N2O3. The Balaban J connectivity index is 1.45. The first kappa shape index (κ1) is 21.2. The predicted molar refractivity (Wildman–Crippen MR) is 114 cm³/mol. The fraction of sp³-hybridized carbons (Fsp3) is 0.0833. The number of hydrogen-bond acceptors (Lipinski definition) is 4. The maximum Gasteiger partial charge on any atom is 0.573 e. The van der Waals surface area contributed by atoms with Crippen molar-refractivity contribution >= 4 is 22.4 Å². The number of amides is 1.